The molecule has 0 bridgehead atoms. The van der Waals surface area contributed by atoms with Crippen LogP contribution in [0.5, 0.6) is 11.5 Å². The first-order chi connectivity index (χ1) is 12.6. The largest absolute Gasteiger partial charge is 0.486 e. The van der Waals surface area contributed by atoms with Crippen molar-refractivity contribution in [1.82, 2.24) is 4.90 Å². The Morgan fingerprint density at radius 2 is 1.88 bits per heavy atom. The van der Waals surface area contributed by atoms with Gasteiger partial charge in [-0.25, -0.2) is 4.99 Å². The van der Waals surface area contributed by atoms with Gasteiger partial charge >= 0.3 is 0 Å². The van der Waals surface area contributed by atoms with Crippen molar-refractivity contribution in [3.8, 4) is 11.5 Å². The number of fused-ring (bicyclic) bond motifs is 1. The molecule has 1 amide bonds. The molecule has 1 saturated heterocycles. The Labute approximate surface area is 156 Å². The average molecular weight is 366 g/mol. The van der Waals surface area contributed by atoms with E-state index in [9.17, 15) is 4.79 Å². The molecule has 0 radical (unpaired) electrons. The third-order valence-electron chi connectivity index (χ3n) is 4.20. The molecule has 2 aliphatic heterocycles. The van der Waals surface area contributed by atoms with Gasteiger partial charge in [-0.3, -0.25) is 9.69 Å². The summed E-state index contributed by atoms with van der Waals surface area (Å²) in [7, 11) is 1.75. The Bertz CT molecular complexity index is 936. The lowest BCUT2D eigenvalue weighted by atomic mass is 10.1. The number of rotatable bonds is 2. The van der Waals surface area contributed by atoms with Gasteiger partial charge in [-0.15, -0.1) is 0 Å². The molecule has 5 nitrogen and oxygen atoms in total. The fraction of sp³-hybridized carbons (Fsp3) is 0.200. The van der Waals surface area contributed by atoms with Gasteiger partial charge in [0.15, 0.2) is 16.7 Å². The molecule has 0 aromatic heterocycles. The number of nitrogens with zero attached hydrogens (tertiary/aromatic N) is 2. The van der Waals surface area contributed by atoms with Crippen molar-refractivity contribution in [3.63, 3.8) is 0 Å². The molecule has 4 rings (SSSR count). The van der Waals surface area contributed by atoms with Crippen LogP contribution < -0.4 is 9.47 Å². The topological polar surface area (TPSA) is 51.1 Å². The molecule has 2 aromatic carbocycles. The zero-order valence-corrected chi connectivity index (χ0v) is 15.4. The highest BCUT2D eigenvalue weighted by Gasteiger charge is 2.30. The minimum absolute atomic E-state index is 0.0581. The fourth-order valence-corrected chi connectivity index (χ4v) is 3.72. The summed E-state index contributed by atoms with van der Waals surface area (Å²) >= 11 is 1.38. The van der Waals surface area contributed by atoms with Gasteiger partial charge < -0.3 is 9.47 Å². The summed E-state index contributed by atoms with van der Waals surface area (Å²) in [5.41, 5.74) is 2.84. The Kier molecular flexibility index (Phi) is 4.42. The molecule has 0 spiro atoms. The smallest absolute Gasteiger partial charge is 0.266 e. The number of aryl methyl sites for hydroxylation is 1. The van der Waals surface area contributed by atoms with E-state index in [0.717, 1.165) is 22.6 Å². The number of carbonyl (C=O) groups is 1. The summed E-state index contributed by atoms with van der Waals surface area (Å²) in [5, 5.41) is 0.674. The van der Waals surface area contributed by atoms with Gasteiger partial charge in [-0.05, 0) is 54.1 Å². The SMILES string of the molecule is Cc1ccccc1N=C1S/C(=C\c2ccc3c(c2)OCCO3)C(=O)N1C. The molecule has 0 atom stereocenters. The molecule has 0 N–H and O–H groups in total. The summed E-state index contributed by atoms with van der Waals surface area (Å²) in [6.07, 6.45) is 1.86. The lowest BCUT2D eigenvalue weighted by molar-refractivity contribution is -0.121. The van der Waals surface area contributed by atoms with Crippen LogP contribution in [0.2, 0.25) is 0 Å². The van der Waals surface area contributed by atoms with E-state index < -0.39 is 0 Å². The average Bonchev–Trinajstić information content (AvgIpc) is 2.91. The number of hydrogen-bond acceptors (Lipinski definition) is 5. The van der Waals surface area contributed by atoms with Gasteiger partial charge in [-0.1, -0.05) is 24.3 Å². The highest BCUT2D eigenvalue weighted by molar-refractivity contribution is 8.18. The maximum absolute atomic E-state index is 12.6. The van der Waals surface area contributed by atoms with Gasteiger partial charge in [0, 0.05) is 7.05 Å². The zero-order chi connectivity index (χ0) is 18.1. The first-order valence-electron chi connectivity index (χ1n) is 8.33. The predicted molar refractivity (Wildman–Crippen MR) is 104 cm³/mol. The summed E-state index contributed by atoms with van der Waals surface area (Å²) in [4.78, 5) is 19.5. The van der Waals surface area contributed by atoms with Gasteiger partial charge in [0.05, 0.1) is 10.6 Å². The van der Waals surface area contributed by atoms with E-state index >= 15 is 0 Å². The van der Waals surface area contributed by atoms with Gasteiger partial charge in [-0.2, -0.15) is 0 Å². The summed E-state index contributed by atoms with van der Waals surface area (Å²) in [5.74, 6) is 1.39. The first kappa shape index (κ1) is 16.7. The van der Waals surface area contributed by atoms with E-state index in [0.29, 0.717) is 29.0 Å². The summed E-state index contributed by atoms with van der Waals surface area (Å²) in [6.45, 7) is 3.11. The van der Waals surface area contributed by atoms with E-state index in [1.807, 2.05) is 55.5 Å². The number of para-hydroxylation sites is 1. The normalized spacial score (nSPS) is 19.5. The Balaban J connectivity index is 1.63. The molecule has 0 unspecified atom stereocenters. The number of thioether (sulfide) groups is 1. The maximum Gasteiger partial charge on any atom is 0.266 e. The van der Waals surface area contributed by atoms with E-state index in [4.69, 9.17) is 9.47 Å². The highest BCUT2D eigenvalue weighted by Crippen LogP contribution is 2.36. The van der Waals surface area contributed by atoms with Crippen molar-refractivity contribution >= 4 is 34.6 Å². The highest BCUT2D eigenvalue weighted by atomic mass is 32.2. The molecule has 132 valence electrons. The molecular weight excluding hydrogens is 348 g/mol. The zero-order valence-electron chi connectivity index (χ0n) is 14.6. The molecule has 2 heterocycles. The van der Waals surface area contributed by atoms with Crippen LogP contribution in [0.15, 0.2) is 52.4 Å². The number of benzene rings is 2. The van der Waals surface area contributed by atoms with Crippen LogP contribution in [0.1, 0.15) is 11.1 Å². The minimum Gasteiger partial charge on any atom is -0.486 e. The van der Waals surface area contributed by atoms with Crippen LogP contribution >= 0.6 is 11.8 Å². The standard InChI is InChI=1S/C20H18N2O3S/c1-13-5-3-4-6-15(13)21-20-22(2)19(23)18(26-20)12-14-7-8-16-17(11-14)25-10-9-24-16/h3-8,11-12H,9-10H2,1-2H3/b18-12-,21-20?. The summed E-state index contributed by atoms with van der Waals surface area (Å²) < 4.78 is 11.1. The van der Waals surface area contributed by atoms with Crippen molar-refractivity contribution < 1.29 is 14.3 Å². The van der Waals surface area contributed by atoms with Gasteiger partial charge in [0.1, 0.15) is 13.2 Å². The van der Waals surface area contributed by atoms with Crippen molar-refractivity contribution in [2.75, 3.05) is 20.3 Å². The van der Waals surface area contributed by atoms with Crippen LogP contribution in [0.4, 0.5) is 5.69 Å². The Morgan fingerprint density at radius 3 is 2.69 bits per heavy atom. The Morgan fingerprint density at radius 1 is 1.12 bits per heavy atom. The van der Waals surface area contributed by atoms with E-state index in [1.54, 1.807) is 11.9 Å². The van der Waals surface area contributed by atoms with Crippen molar-refractivity contribution in [2.24, 2.45) is 4.99 Å². The van der Waals surface area contributed by atoms with Crippen LogP contribution in [0, 0.1) is 6.92 Å². The molecule has 26 heavy (non-hydrogen) atoms. The molecule has 1 fully saturated rings. The molecule has 0 saturated carbocycles. The number of likely N-dealkylation sites (N-methyl/N-ethyl adjacent to an activating group) is 1. The maximum atomic E-state index is 12.6. The van der Waals surface area contributed by atoms with Crippen LogP contribution in [0.3, 0.4) is 0 Å². The summed E-state index contributed by atoms with van der Waals surface area (Å²) in [6, 6.07) is 13.6. The lowest BCUT2D eigenvalue weighted by Crippen LogP contribution is -2.23. The first-order valence-corrected chi connectivity index (χ1v) is 9.15. The minimum atomic E-state index is -0.0581. The monoisotopic (exact) mass is 366 g/mol. The molecular formula is C20H18N2O3S. The lowest BCUT2D eigenvalue weighted by Gasteiger charge is -2.18. The predicted octanol–water partition coefficient (Wildman–Crippen LogP) is 4.00. The van der Waals surface area contributed by atoms with E-state index in [-0.39, 0.29) is 5.91 Å². The second-order valence-corrected chi connectivity index (χ2v) is 7.07. The molecule has 6 heteroatoms. The molecule has 0 aliphatic carbocycles. The fourth-order valence-electron chi connectivity index (χ4n) is 2.74. The number of hydrogen-bond donors (Lipinski definition) is 0. The Hall–Kier alpha value is -2.73. The molecule has 2 aromatic rings. The van der Waals surface area contributed by atoms with Crippen LogP contribution in [0.25, 0.3) is 6.08 Å². The van der Waals surface area contributed by atoms with Gasteiger partial charge in [0.25, 0.3) is 5.91 Å². The number of aliphatic imine (C=N–C) groups is 1. The second kappa shape index (κ2) is 6.88. The van der Waals surface area contributed by atoms with Crippen molar-refractivity contribution in [2.45, 2.75) is 6.92 Å². The van der Waals surface area contributed by atoms with Crippen molar-refractivity contribution in [3.05, 3.63) is 58.5 Å². The van der Waals surface area contributed by atoms with Gasteiger partial charge in [0.2, 0.25) is 0 Å². The van der Waals surface area contributed by atoms with E-state index in [2.05, 4.69) is 4.99 Å². The van der Waals surface area contributed by atoms with Crippen LogP contribution in [-0.4, -0.2) is 36.2 Å². The third-order valence-corrected chi connectivity index (χ3v) is 5.26. The number of amidine groups is 1. The number of carbonyl (C=O) groups excluding carboxylic acids is 1. The second-order valence-electron chi connectivity index (χ2n) is 6.06. The quantitative estimate of drug-likeness (QED) is 0.754. The third kappa shape index (κ3) is 3.20. The molecule has 2 aliphatic rings. The van der Waals surface area contributed by atoms with Crippen LogP contribution in [-0.2, 0) is 4.79 Å². The van der Waals surface area contributed by atoms with E-state index in [1.165, 1.54) is 11.8 Å². The number of amides is 1. The van der Waals surface area contributed by atoms with Crippen molar-refractivity contribution in [1.29, 1.82) is 0 Å². The number of ether oxygens (including phenoxy) is 2.